The van der Waals surface area contributed by atoms with E-state index in [-0.39, 0.29) is 31.1 Å². The summed E-state index contributed by atoms with van der Waals surface area (Å²) >= 11 is 0. The molecular weight excluding hydrogens is 410 g/mol. The van der Waals surface area contributed by atoms with E-state index in [9.17, 15) is 18.3 Å². The second kappa shape index (κ2) is 9.46. The van der Waals surface area contributed by atoms with Gasteiger partial charge in [0.05, 0.1) is 37.3 Å². The monoisotopic (exact) mass is 435 g/mol. The van der Waals surface area contributed by atoms with E-state index in [1.165, 1.54) is 17.0 Å². The highest BCUT2D eigenvalue weighted by Crippen LogP contribution is 2.22. The van der Waals surface area contributed by atoms with Crippen molar-refractivity contribution in [2.45, 2.75) is 37.0 Å². The number of carbonyl (C=O) groups is 1. The van der Waals surface area contributed by atoms with Crippen LogP contribution >= 0.6 is 0 Å². The molecule has 0 radical (unpaired) electrons. The van der Waals surface area contributed by atoms with Crippen LogP contribution in [0.1, 0.15) is 17.5 Å². The van der Waals surface area contributed by atoms with Crippen molar-refractivity contribution in [3.8, 4) is 5.75 Å². The zero-order chi connectivity index (χ0) is 21.7. The first-order valence-electron chi connectivity index (χ1n) is 9.49. The van der Waals surface area contributed by atoms with Crippen LogP contribution in [0.3, 0.4) is 0 Å². The molecule has 1 aliphatic rings. The van der Waals surface area contributed by atoms with Crippen molar-refractivity contribution >= 4 is 16.2 Å². The van der Waals surface area contributed by atoms with Gasteiger partial charge in [-0.2, -0.15) is 8.42 Å². The number of aliphatic hydroxyl groups excluding tert-OH is 1. The fourth-order valence-corrected chi connectivity index (χ4v) is 4.11. The van der Waals surface area contributed by atoms with Gasteiger partial charge in [-0.3, -0.25) is 4.18 Å². The van der Waals surface area contributed by atoms with E-state index in [4.69, 9.17) is 13.7 Å². The van der Waals surface area contributed by atoms with Crippen molar-refractivity contribution in [2.75, 3.05) is 20.3 Å². The first-order valence-corrected chi connectivity index (χ1v) is 10.9. The lowest BCUT2D eigenvalue weighted by atomic mass is 10.2. The number of benzene rings is 2. The van der Waals surface area contributed by atoms with Crippen LogP contribution in [0.2, 0.25) is 0 Å². The highest BCUT2D eigenvalue weighted by atomic mass is 32.2. The molecule has 162 valence electrons. The van der Waals surface area contributed by atoms with E-state index < -0.39 is 28.4 Å². The molecule has 1 N–H and O–H groups in total. The maximum absolute atomic E-state index is 12.5. The largest absolute Gasteiger partial charge is 0.497 e. The minimum absolute atomic E-state index is 0.0419. The lowest BCUT2D eigenvalue weighted by Gasteiger charge is -2.23. The molecule has 0 bridgehead atoms. The van der Waals surface area contributed by atoms with Crippen LogP contribution in [-0.4, -0.2) is 56.9 Å². The summed E-state index contributed by atoms with van der Waals surface area (Å²) in [6.07, 6.45) is -1.20. The number of aryl methyl sites for hydroxylation is 1. The number of likely N-dealkylation sites (tertiary alicyclic amines) is 1. The number of rotatable bonds is 7. The maximum Gasteiger partial charge on any atom is 0.410 e. The van der Waals surface area contributed by atoms with Gasteiger partial charge in [-0.05, 0) is 43.2 Å². The van der Waals surface area contributed by atoms with Crippen LogP contribution < -0.4 is 4.74 Å². The number of amides is 1. The Hall–Kier alpha value is -2.62. The minimum Gasteiger partial charge on any atom is -0.497 e. The third kappa shape index (κ3) is 5.50. The van der Waals surface area contributed by atoms with Crippen LogP contribution in [0.15, 0.2) is 53.4 Å². The van der Waals surface area contributed by atoms with Crippen LogP contribution in [0.4, 0.5) is 4.79 Å². The molecule has 1 aliphatic heterocycles. The minimum atomic E-state index is -3.97. The molecule has 2 aromatic carbocycles. The van der Waals surface area contributed by atoms with Gasteiger partial charge in [-0.15, -0.1) is 0 Å². The van der Waals surface area contributed by atoms with Crippen LogP contribution in [0.25, 0.3) is 0 Å². The Kier molecular flexibility index (Phi) is 6.96. The van der Waals surface area contributed by atoms with Gasteiger partial charge in [0.25, 0.3) is 10.1 Å². The van der Waals surface area contributed by atoms with Crippen molar-refractivity contribution in [1.29, 1.82) is 0 Å². The second-order valence-electron chi connectivity index (χ2n) is 7.15. The lowest BCUT2D eigenvalue weighted by Crippen LogP contribution is -2.39. The quantitative estimate of drug-likeness (QED) is 0.667. The summed E-state index contributed by atoms with van der Waals surface area (Å²) in [5.74, 6) is 0.694. The molecular formula is C21H25NO7S. The van der Waals surface area contributed by atoms with Gasteiger partial charge in [-0.25, -0.2) is 4.79 Å². The molecule has 2 aromatic rings. The molecule has 30 heavy (non-hydrogen) atoms. The summed E-state index contributed by atoms with van der Waals surface area (Å²) in [4.78, 5) is 13.8. The molecule has 0 aromatic heterocycles. The standard InChI is InChI=1S/C21H25NO7S/c1-15-3-9-20(10-4-15)30(25,26)29-14-17-11-18(23)12-22(17)21(24)28-13-16-5-7-19(27-2)8-6-16/h3-10,17-18,23H,11-14H2,1-2H3/t17-,18+/m0/s1. The fourth-order valence-electron chi connectivity index (χ4n) is 3.16. The normalized spacial score (nSPS) is 19.0. The zero-order valence-electron chi connectivity index (χ0n) is 16.9. The molecule has 0 spiro atoms. The van der Waals surface area contributed by atoms with Crippen molar-refractivity contribution in [3.63, 3.8) is 0 Å². The smallest absolute Gasteiger partial charge is 0.410 e. The summed E-state index contributed by atoms with van der Waals surface area (Å²) in [6, 6.07) is 12.8. The first kappa shape index (κ1) is 22.1. The Morgan fingerprint density at radius 1 is 1.13 bits per heavy atom. The van der Waals surface area contributed by atoms with Gasteiger partial charge in [0.15, 0.2) is 0 Å². The van der Waals surface area contributed by atoms with E-state index in [0.29, 0.717) is 5.75 Å². The van der Waals surface area contributed by atoms with E-state index in [0.717, 1.165) is 11.1 Å². The predicted molar refractivity (Wildman–Crippen MR) is 109 cm³/mol. The molecule has 8 nitrogen and oxygen atoms in total. The van der Waals surface area contributed by atoms with Crippen molar-refractivity contribution < 1.29 is 32.0 Å². The third-order valence-electron chi connectivity index (χ3n) is 4.87. The van der Waals surface area contributed by atoms with Gasteiger partial charge in [-0.1, -0.05) is 29.8 Å². The molecule has 1 amide bonds. The van der Waals surface area contributed by atoms with E-state index >= 15 is 0 Å². The Morgan fingerprint density at radius 2 is 1.80 bits per heavy atom. The molecule has 0 saturated carbocycles. The molecule has 2 atom stereocenters. The van der Waals surface area contributed by atoms with Gasteiger partial charge >= 0.3 is 6.09 Å². The highest BCUT2D eigenvalue weighted by Gasteiger charge is 2.36. The molecule has 1 heterocycles. The average Bonchev–Trinajstić information content (AvgIpc) is 3.12. The zero-order valence-corrected chi connectivity index (χ0v) is 17.7. The summed E-state index contributed by atoms with van der Waals surface area (Å²) in [7, 11) is -2.40. The third-order valence-corrected chi connectivity index (χ3v) is 6.17. The van der Waals surface area contributed by atoms with Crippen LogP contribution in [-0.2, 0) is 25.6 Å². The van der Waals surface area contributed by atoms with Crippen molar-refractivity contribution in [2.24, 2.45) is 0 Å². The number of ether oxygens (including phenoxy) is 2. The Labute approximate surface area is 176 Å². The number of β-amino-alcohol motifs (C(OH)–C–C–N with tert-alkyl or cyclic N) is 1. The van der Waals surface area contributed by atoms with E-state index in [1.807, 2.05) is 6.92 Å². The molecule has 3 rings (SSSR count). The summed E-state index contributed by atoms with van der Waals surface area (Å²) in [5.41, 5.74) is 1.71. The summed E-state index contributed by atoms with van der Waals surface area (Å²) in [5, 5.41) is 9.97. The van der Waals surface area contributed by atoms with Gasteiger partial charge < -0.3 is 19.5 Å². The first-order chi connectivity index (χ1) is 14.3. The van der Waals surface area contributed by atoms with E-state index in [2.05, 4.69) is 0 Å². The number of aliphatic hydroxyl groups is 1. The van der Waals surface area contributed by atoms with Gasteiger partial charge in [0, 0.05) is 0 Å². The van der Waals surface area contributed by atoms with E-state index in [1.54, 1.807) is 43.5 Å². The number of hydrogen-bond acceptors (Lipinski definition) is 7. The molecule has 1 fully saturated rings. The summed E-state index contributed by atoms with van der Waals surface area (Å²) < 4.78 is 40.3. The molecule has 0 unspecified atom stereocenters. The SMILES string of the molecule is COc1ccc(COC(=O)N2C[C@H](O)C[C@H]2COS(=O)(=O)c2ccc(C)cc2)cc1. The van der Waals surface area contributed by atoms with Crippen LogP contribution in [0.5, 0.6) is 5.75 Å². The van der Waals surface area contributed by atoms with Crippen molar-refractivity contribution in [3.05, 3.63) is 59.7 Å². The molecule has 1 saturated heterocycles. The highest BCUT2D eigenvalue weighted by molar-refractivity contribution is 7.86. The Morgan fingerprint density at radius 3 is 2.43 bits per heavy atom. The predicted octanol–water partition coefficient (Wildman–Crippen LogP) is 2.48. The summed E-state index contributed by atoms with van der Waals surface area (Å²) in [6.45, 7) is 1.70. The maximum atomic E-state index is 12.5. The van der Waals surface area contributed by atoms with Gasteiger partial charge in [0.2, 0.25) is 0 Å². The second-order valence-corrected chi connectivity index (χ2v) is 8.77. The number of hydrogen-bond donors (Lipinski definition) is 1. The number of nitrogens with zero attached hydrogens (tertiary/aromatic N) is 1. The average molecular weight is 435 g/mol. The lowest BCUT2D eigenvalue weighted by molar-refractivity contribution is 0.0801. The molecule has 9 heteroatoms. The topological polar surface area (TPSA) is 102 Å². The number of methoxy groups -OCH3 is 1. The van der Waals surface area contributed by atoms with Crippen LogP contribution in [0, 0.1) is 6.92 Å². The van der Waals surface area contributed by atoms with Crippen molar-refractivity contribution in [1.82, 2.24) is 4.90 Å². The Balaban J connectivity index is 1.58. The Bertz CT molecular complexity index is 958. The fraction of sp³-hybridized carbons (Fsp3) is 0.381. The number of carbonyl (C=O) groups excluding carboxylic acids is 1. The van der Waals surface area contributed by atoms with Gasteiger partial charge in [0.1, 0.15) is 12.4 Å². The molecule has 0 aliphatic carbocycles.